The number of para-hydroxylation sites is 1. The van der Waals surface area contributed by atoms with Crippen molar-refractivity contribution < 1.29 is 4.79 Å². The molecule has 1 N–H and O–H groups in total. The van der Waals surface area contributed by atoms with Gasteiger partial charge in [0.05, 0.1) is 11.3 Å². The molecule has 21 heavy (non-hydrogen) atoms. The molecule has 114 valence electrons. The first-order valence-electron chi connectivity index (χ1n) is 8.37. The fraction of sp³-hybridized carbons (Fsp3) is 0.611. The van der Waals surface area contributed by atoms with E-state index in [4.69, 9.17) is 0 Å². The number of benzene rings is 1. The van der Waals surface area contributed by atoms with Crippen LogP contribution < -0.4 is 5.32 Å². The van der Waals surface area contributed by atoms with Gasteiger partial charge in [-0.05, 0) is 43.2 Å². The normalized spacial score (nSPS) is 18.7. The zero-order valence-corrected chi connectivity index (χ0v) is 13.0. The standard InChI is InChI=1S/C18H26N2O/c1-20(13-14-7-3-2-4-8-14)18(21)16-11-5-9-15-10-6-12-19-17(15)16/h5,9,11,14,19H,2-4,6-8,10,12-13H2,1H3. The first kappa shape index (κ1) is 14.4. The lowest BCUT2D eigenvalue weighted by Gasteiger charge is -2.28. The minimum atomic E-state index is 0.173. The maximum atomic E-state index is 12.8. The monoisotopic (exact) mass is 286 g/mol. The molecule has 0 radical (unpaired) electrons. The van der Waals surface area contributed by atoms with Crippen molar-refractivity contribution in [1.29, 1.82) is 0 Å². The molecule has 0 spiro atoms. The van der Waals surface area contributed by atoms with E-state index in [1.165, 1.54) is 37.7 Å². The van der Waals surface area contributed by atoms with Crippen LogP contribution in [0.15, 0.2) is 18.2 Å². The fourth-order valence-corrected chi connectivity index (χ4v) is 3.73. The molecule has 3 nitrogen and oxygen atoms in total. The van der Waals surface area contributed by atoms with Crippen molar-refractivity contribution in [2.24, 2.45) is 5.92 Å². The molecule has 0 bridgehead atoms. The van der Waals surface area contributed by atoms with E-state index < -0.39 is 0 Å². The molecule has 1 saturated carbocycles. The number of hydrogen-bond acceptors (Lipinski definition) is 2. The van der Waals surface area contributed by atoms with Crippen LogP contribution in [0.2, 0.25) is 0 Å². The first-order chi connectivity index (χ1) is 10.3. The molecular weight excluding hydrogens is 260 g/mol. The van der Waals surface area contributed by atoms with E-state index in [0.29, 0.717) is 5.92 Å². The highest BCUT2D eigenvalue weighted by molar-refractivity contribution is 6.00. The Morgan fingerprint density at radius 2 is 2.05 bits per heavy atom. The summed E-state index contributed by atoms with van der Waals surface area (Å²) in [7, 11) is 1.96. The van der Waals surface area contributed by atoms with E-state index in [9.17, 15) is 4.79 Å². The van der Waals surface area contributed by atoms with Crippen molar-refractivity contribution in [3.63, 3.8) is 0 Å². The quantitative estimate of drug-likeness (QED) is 0.919. The van der Waals surface area contributed by atoms with Crippen molar-refractivity contribution in [2.75, 3.05) is 25.5 Å². The van der Waals surface area contributed by atoms with Gasteiger partial charge in [-0.25, -0.2) is 0 Å². The van der Waals surface area contributed by atoms with E-state index in [-0.39, 0.29) is 5.91 Å². The van der Waals surface area contributed by atoms with E-state index in [0.717, 1.165) is 37.2 Å². The van der Waals surface area contributed by atoms with Gasteiger partial charge >= 0.3 is 0 Å². The van der Waals surface area contributed by atoms with Crippen LogP contribution in [-0.4, -0.2) is 30.9 Å². The summed E-state index contributed by atoms with van der Waals surface area (Å²) < 4.78 is 0. The summed E-state index contributed by atoms with van der Waals surface area (Å²) in [5.41, 5.74) is 3.22. The molecule has 1 aliphatic heterocycles. The predicted molar refractivity (Wildman–Crippen MR) is 86.8 cm³/mol. The molecule has 0 saturated heterocycles. The van der Waals surface area contributed by atoms with Gasteiger partial charge in [0.2, 0.25) is 0 Å². The van der Waals surface area contributed by atoms with Crippen LogP contribution >= 0.6 is 0 Å². The summed E-state index contributed by atoms with van der Waals surface area (Å²) in [5.74, 6) is 0.868. The second-order valence-corrected chi connectivity index (χ2v) is 6.56. The van der Waals surface area contributed by atoms with E-state index in [2.05, 4.69) is 11.4 Å². The number of nitrogens with one attached hydrogen (secondary N) is 1. The third-order valence-electron chi connectivity index (χ3n) is 4.91. The summed E-state index contributed by atoms with van der Waals surface area (Å²) in [5, 5.41) is 3.42. The average molecular weight is 286 g/mol. The molecule has 2 aliphatic rings. The van der Waals surface area contributed by atoms with Crippen molar-refractivity contribution >= 4 is 11.6 Å². The van der Waals surface area contributed by atoms with Crippen molar-refractivity contribution in [3.8, 4) is 0 Å². The fourth-order valence-electron chi connectivity index (χ4n) is 3.73. The van der Waals surface area contributed by atoms with Gasteiger partial charge in [0.1, 0.15) is 0 Å². The highest BCUT2D eigenvalue weighted by Crippen LogP contribution is 2.28. The van der Waals surface area contributed by atoms with Gasteiger partial charge in [-0.3, -0.25) is 4.79 Å². The van der Waals surface area contributed by atoms with Gasteiger partial charge in [-0.2, -0.15) is 0 Å². The third kappa shape index (κ3) is 3.22. The number of carbonyl (C=O) groups is 1. The molecule has 0 aromatic heterocycles. The van der Waals surface area contributed by atoms with Gasteiger partial charge in [0.15, 0.2) is 0 Å². The Labute approximate surface area is 127 Å². The number of hydrogen-bond donors (Lipinski definition) is 1. The van der Waals surface area contributed by atoms with Crippen molar-refractivity contribution in [2.45, 2.75) is 44.9 Å². The first-order valence-corrected chi connectivity index (χ1v) is 8.37. The lowest BCUT2D eigenvalue weighted by molar-refractivity contribution is 0.0761. The molecule has 3 heteroatoms. The Kier molecular flexibility index (Phi) is 4.47. The number of fused-ring (bicyclic) bond motifs is 1. The maximum Gasteiger partial charge on any atom is 0.255 e. The molecule has 1 aliphatic carbocycles. The van der Waals surface area contributed by atoms with Crippen LogP contribution in [0, 0.1) is 5.92 Å². The number of carbonyl (C=O) groups excluding carboxylic acids is 1. The Morgan fingerprint density at radius 3 is 2.86 bits per heavy atom. The topological polar surface area (TPSA) is 32.3 Å². The lowest BCUT2D eigenvalue weighted by atomic mass is 9.89. The smallest absolute Gasteiger partial charge is 0.255 e. The number of rotatable bonds is 3. The number of amides is 1. The molecule has 0 unspecified atom stereocenters. The van der Waals surface area contributed by atoms with Crippen LogP contribution in [0.1, 0.15) is 54.4 Å². The van der Waals surface area contributed by atoms with Crippen LogP contribution in [0.4, 0.5) is 5.69 Å². The molecule has 3 rings (SSSR count). The van der Waals surface area contributed by atoms with Gasteiger partial charge in [-0.15, -0.1) is 0 Å². The molecule has 1 aromatic rings. The number of aryl methyl sites for hydroxylation is 1. The van der Waals surface area contributed by atoms with Gasteiger partial charge in [0, 0.05) is 20.1 Å². The minimum Gasteiger partial charge on any atom is -0.384 e. The highest BCUT2D eigenvalue weighted by atomic mass is 16.2. The van der Waals surface area contributed by atoms with Crippen molar-refractivity contribution in [1.82, 2.24) is 4.90 Å². The summed E-state index contributed by atoms with van der Waals surface area (Å²) in [4.78, 5) is 14.7. The van der Waals surface area contributed by atoms with Crippen LogP contribution in [-0.2, 0) is 6.42 Å². The summed E-state index contributed by atoms with van der Waals surface area (Å²) in [6.07, 6.45) is 8.82. The third-order valence-corrected chi connectivity index (χ3v) is 4.91. The van der Waals surface area contributed by atoms with E-state index in [1.807, 2.05) is 24.1 Å². The van der Waals surface area contributed by atoms with Crippen molar-refractivity contribution in [3.05, 3.63) is 29.3 Å². The van der Waals surface area contributed by atoms with Crippen LogP contribution in [0.5, 0.6) is 0 Å². The van der Waals surface area contributed by atoms with Gasteiger partial charge < -0.3 is 10.2 Å². The Balaban J connectivity index is 1.72. The predicted octanol–water partition coefficient (Wildman–Crippen LogP) is 3.70. The van der Waals surface area contributed by atoms with Gasteiger partial charge in [0.25, 0.3) is 5.91 Å². The molecular formula is C18H26N2O. The van der Waals surface area contributed by atoms with Gasteiger partial charge in [-0.1, -0.05) is 31.4 Å². The molecule has 1 aromatic carbocycles. The maximum absolute atomic E-state index is 12.8. The van der Waals surface area contributed by atoms with Crippen LogP contribution in [0.3, 0.4) is 0 Å². The summed E-state index contributed by atoms with van der Waals surface area (Å²) >= 11 is 0. The Bertz CT molecular complexity index is 506. The molecule has 1 heterocycles. The average Bonchev–Trinajstić information content (AvgIpc) is 2.54. The second kappa shape index (κ2) is 6.50. The summed E-state index contributed by atoms with van der Waals surface area (Å²) in [6.45, 7) is 1.88. The Hall–Kier alpha value is -1.51. The van der Waals surface area contributed by atoms with Crippen LogP contribution in [0.25, 0.3) is 0 Å². The zero-order chi connectivity index (χ0) is 14.7. The largest absolute Gasteiger partial charge is 0.384 e. The minimum absolute atomic E-state index is 0.173. The summed E-state index contributed by atoms with van der Waals surface area (Å²) in [6, 6.07) is 6.13. The lowest BCUT2D eigenvalue weighted by Crippen LogP contribution is -2.33. The highest BCUT2D eigenvalue weighted by Gasteiger charge is 2.22. The molecule has 0 atom stereocenters. The Morgan fingerprint density at radius 1 is 1.24 bits per heavy atom. The molecule has 1 amide bonds. The number of nitrogens with zero attached hydrogens (tertiary/aromatic N) is 1. The SMILES string of the molecule is CN(CC1CCCCC1)C(=O)c1cccc2c1NCCC2. The zero-order valence-electron chi connectivity index (χ0n) is 13.0. The number of anilines is 1. The molecule has 1 fully saturated rings. The van der Waals surface area contributed by atoms with E-state index >= 15 is 0 Å². The second-order valence-electron chi connectivity index (χ2n) is 6.56. The van der Waals surface area contributed by atoms with E-state index in [1.54, 1.807) is 0 Å².